The molecule has 9 heteroatoms. The predicted molar refractivity (Wildman–Crippen MR) is 108 cm³/mol. The first-order chi connectivity index (χ1) is 14.1. The van der Waals surface area contributed by atoms with Crippen LogP contribution in [0.1, 0.15) is 29.2 Å². The molecule has 0 unspecified atom stereocenters. The van der Waals surface area contributed by atoms with Crippen LogP contribution in [0.25, 0.3) is 0 Å². The average Bonchev–Trinajstić information content (AvgIpc) is 3.46. The number of amides is 2. The van der Waals surface area contributed by atoms with Crippen molar-refractivity contribution in [3.63, 3.8) is 0 Å². The van der Waals surface area contributed by atoms with E-state index >= 15 is 0 Å². The summed E-state index contributed by atoms with van der Waals surface area (Å²) in [5.41, 5.74) is 1.19. The Morgan fingerprint density at radius 3 is 2.62 bits per heavy atom. The van der Waals surface area contributed by atoms with Gasteiger partial charge in [-0.3, -0.25) is 9.59 Å². The Morgan fingerprint density at radius 1 is 1.10 bits per heavy atom. The summed E-state index contributed by atoms with van der Waals surface area (Å²) in [4.78, 5) is 25.0. The topological polar surface area (TPSA) is 88.9 Å². The van der Waals surface area contributed by atoms with E-state index in [0.29, 0.717) is 28.1 Å². The van der Waals surface area contributed by atoms with Crippen LogP contribution in [-0.2, 0) is 4.79 Å². The van der Waals surface area contributed by atoms with Crippen molar-refractivity contribution < 1.29 is 14.0 Å². The number of rotatable bonds is 7. The minimum atomic E-state index is -0.395. The zero-order valence-corrected chi connectivity index (χ0v) is 16.2. The van der Waals surface area contributed by atoms with Gasteiger partial charge in [0.05, 0.1) is 17.0 Å². The number of nitrogens with zero attached hydrogens (tertiary/aromatic N) is 3. The molecule has 1 heterocycles. The first kappa shape index (κ1) is 19.1. The number of hydrogen-bond acceptors (Lipinski definition) is 5. The van der Waals surface area contributed by atoms with E-state index in [-0.39, 0.29) is 17.5 Å². The molecule has 2 N–H and O–H groups in total. The van der Waals surface area contributed by atoms with E-state index in [0.717, 1.165) is 12.8 Å². The highest BCUT2D eigenvalue weighted by Crippen LogP contribution is 2.37. The number of hydrogen-bond donors (Lipinski definition) is 2. The molecule has 0 aliphatic heterocycles. The third-order valence-electron chi connectivity index (χ3n) is 4.36. The van der Waals surface area contributed by atoms with E-state index in [1.54, 1.807) is 30.6 Å². The number of anilines is 2. The van der Waals surface area contributed by atoms with Crippen LogP contribution < -0.4 is 10.6 Å². The smallest absolute Gasteiger partial charge is 0.257 e. The molecule has 1 aromatic heterocycles. The van der Waals surface area contributed by atoms with E-state index in [2.05, 4.69) is 20.8 Å². The molecule has 4 rings (SSSR count). The zero-order chi connectivity index (χ0) is 20.2. The standard InChI is InChI=1S/C20H18FN5O2S/c21-13-5-7-14(8-6-13)23-19(28)16-3-1-2-4-17(16)24-18(27)11-29-20-25-22-12-26(20)15-9-10-15/h1-8,12,15H,9-11H2,(H,23,28)(H,24,27). The molecule has 0 radical (unpaired) electrons. The van der Waals surface area contributed by atoms with Crippen LogP contribution >= 0.6 is 11.8 Å². The number of para-hydroxylation sites is 1. The lowest BCUT2D eigenvalue weighted by molar-refractivity contribution is -0.113. The summed E-state index contributed by atoms with van der Waals surface area (Å²) in [7, 11) is 0. The molecular formula is C20H18FN5O2S. The minimum Gasteiger partial charge on any atom is -0.325 e. The highest BCUT2D eigenvalue weighted by molar-refractivity contribution is 7.99. The fraction of sp³-hybridized carbons (Fsp3) is 0.200. The minimum absolute atomic E-state index is 0.152. The van der Waals surface area contributed by atoms with Crippen LogP contribution in [0.5, 0.6) is 0 Å². The Hall–Kier alpha value is -3.20. The molecule has 148 valence electrons. The van der Waals surface area contributed by atoms with Crippen molar-refractivity contribution in [2.24, 2.45) is 0 Å². The van der Waals surface area contributed by atoms with Gasteiger partial charge in [0.1, 0.15) is 12.1 Å². The van der Waals surface area contributed by atoms with Gasteiger partial charge in [0.2, 0.25) is 5.91 Å². The van der Waals surface area contributed by atoms with Crippen LogP contribution in [0, 0.1) is 5.82 Å². The molecule has 29 heavy (non-hydrogen) atoms. The van der Waals surface area contributed by atoms with Crippen LogP contribution in [0.4, 0.5) is 15.8 Å². The summed E-state index contributed by atoms with van der Waals surface area (Å²) in [6.07, 6.45) is 3.90. The SMILES string of the molecule is O=C(CSc1nncn1C1CC1)Nc1ccccc1C(=O)Nc1ccc(F)cc1. The Balaban J connectivity index is 1.39. The van der Waals surface area contributed by atoms with E-state index in [1.165, 1.54) is 36.0 Å². The van der Waals surface area contributed by atoms with Crippen LogP contribution in [0.2, 0.25) is 0 Å². The Bertz CT molecular complexity index is 1030. The van der Waals surface area contributed by atoms with Gasteiger partial charge in [-0.05, 0) is 49.2 Å². The molecule has 0 saturated heterocycles. The van der Waals surface area contributed by atoms with Crippen LogP contribution in [0.3, 0.4) is 0 Å². The van der Waals surface area contributed by atoms with E-state index in [4.69, 9.17) is 0 Å². The Morgan fingerprint density at radius 2 is 1.86 bits per heavy atom. The fourth-order valence-corrected chi connectivity index (χ4v) is 3.56. The highest BCUT2D eigenvalue weighted by atomic mass is 32.2. The maximum Gasteiger partial charge on any atom is 0.257 e. The van der Waals surface area contributed by atoms with Crippen LogP contribution in [-0.4, -0.2) is 32.3 Å². The quantitative estimate of drug-likeness (QED) is 0.578. The third kappa shape index (κ3) is 4.80. The molecule has 1 aliphatic rings. The van der Waals surface area contributed by atoms with Crippen LogP contribution in [0.15, 0.2) is 60.0 Å². The summed E-state index contributed by atoms with van der Waals surface area (Å²) in [5.74, 6) is -0.874. The second-order valence-corrected chi connectivity index (χ2v) is 7.54. The van der Waals surface area contributed by atoms with Crippen molar-refractivity contribution in [1.29, 1.82) is 0 Å². The molecule has 1 fully saturated rings. The molecule has 7 nitrogen and oxygen atoms in total. The van der Waals surface area contributed by atoms with Crippen molar-refractivity contribution >= 4 is 35.0 Å². The lowest BCUT2D eigenvalue weighted by Gasteiger charge is -2.11. The number of carbonyl (C=O) groups is 2. The van der Waals surface area contributed by atoms with E-state index in [1.807, 2.05) is 4.57 Å². The molecule has 2 aromatic carbocycles. The molecule has 0 atom stereocenters. The molecule has 0 bridgehead atoms. The Kier molecular flexibility index (Phi) is 5.57. The maximum absolute atomic E-state index is 13.0. The second-order valence-electron chi connectivity index (χ2n) is 6.60. The first-order valence-corrected chi connectivity index (χ1v) is 10.1. The van der Waals surface area contributed by atoms with Gasteiger partial charge in [-0.25, -0.2) is 4.39 Å². The van der Waals surface area contributed by atoms with Gasteiger partial charge in [-0.2, -0.15) is 0 Å². The maximum atomic E-state index is 13.0. The average molecular weight is 411 g/mol. The summed E-state index contributed by atoms with van der Waals surface area (Å²) in [6.45, 7) is 0. The van der Waals surface area contributed by atoms with Gasteiger partial charge in [0.25, 0.3) is 5.91 Å². The third-order valence-corrected chi connectivity index (χ3v) is 5.32. The second kappa shape index (κ2) is 8.44. The van der Waals surface area contributed by atoms with E-state index in [9.17, 15) is 14.0 Å². The van der Waals surface area contributed by atoms with Crippen molar-refractivity contribution in [3.8, 4) is 0 Å². The van der Waals surface area contributed by atoms with Gasteiger partial charge in [0.15, 0.2) is 5.16 Å². The van der Waals surface area contributed by atoms with Gasteiger partial charge in [-0.15, -0.1) is 10.2 Å². The molecule has 1 saturated carbocycles. The number of nitrogens with one attached hydrogen (secondary N) is 2. The molecule has 2 amide bonds. The van der Waals surface area contributed by atoms with Gasteiger partial charge in [-0.1, -0.05) is 23.9 Å². The monoisotopic (exact) mass is 411 g/mol. The molecule has 1 aliphatic carbocycles. The number of halogens is 1. The fourth-order valence-electron chi connectivity index (χ4n) is 2.78. The van der Waals surface area contributed by atoms with Crippen molar-refractivity contribution in [3.05, 3.63) is 66.2 Å². The van der Waals surface area contributed by atoms with Gasteiger partial charge >= 0.3 is 0 Å². The lowest BCUT2D eigenvalue weighted by Crippen LogP contribution is -2.19. The largest absolute Gasteiger partial charge is 0.325 e. The first-order valence-electron chi connectivity index (χ1n) is 9.08. The van der Waals surface area contributed by atoms with Crippen molar-refractivity contribution in [2.45, 2.75) is 24.0 Å². The molecular weight excluding hydrogens is 393 g/mol. The van der Waals surface area contributed by atoms with Crippen molar-refractivity contribution in [1.82, 2.24) is 14.8 Å². The normalized spacial score (nSPS) is 13.1. The number of benzene rings is 2. The van der Waals surface area contributed by atoms with Gasteiger partial charge < -0.3 is 15.2 Å². The molecule has 0 spiro atoms. The number of thioether (sulfide) groups is 1. The van der Waals surface area contributed by atoms with Gasteiger partial charge in [0, 0.05) is 11.7 Å². The summed E-state index contributed by atoms with van der Waals surface area (Å²) < 4.78 is 15.0. The number of aromatic nitrogens is 3. The lowest BCUT2D eigenvalue weighted by atomic mass is 10.1. The van der Waals surface area contributed by atoms with E-state index < -0.39 is 5.91 Å². The highest BCUT2D eigenvalue weighted by Gasteiger charge is 2.26. The number of carbonyl (C=O) groups excluding carboxylic acids is 2. The zero-order valence-electron chi connectivity index (χ0n) is 15.3. The summed E-state index contributed by atoms with van der Waals surface area (Å²) in [6, 6.07) is 12.6. The van der Waals surface area contributed by atoms with Crippen molar-refractivity contribution in [2.75, 3.05) is 16.4 Å². The summed E-state index contributed by atoms with van der Waals surface area (Å²) >= 11 is 1.31. The summed E-state index contributed by atoms with van der Waals surface area (Å²) in [5, 5.41) is 14.2. The Labute approximate surface area is 170 Å². The molecule has 3 aromatic rings. The predicted octanol–water partition coefficient (Wildman–Crippen LogP) is 3.74.